The van der Waals surface area contributed by atoms with E-state index < -0.39 is 0 Å². The van der Waals surface area contributed by atoms with Crippen LogP contribution < -0.4 is 5.73 Å². The molecule has 0 aromatic carbocycles. The highest BCUT2D eigenvalue weighted by Crippen LogP contribution is 2.50. The van der Waals surface area contributed by atoms with Crippen LogP contribution in [0.3, 0.4) is 0 Å². The lowest BCUT2D eigenvalue weighted by Gasteiger charge is -2.31. The van der Waals surface area contributed by atoms with E-state index in [1.54, 1.807) is 0 Å². The summed E-state index contributed by atoms with van der Waals surface area (Å²) >= 11 is 0. The summed E-state index contributed by atoms with van der Waals surface area (Å²) in [4.78, 5) is 0. The summed E-state index contributed by atoms with van der Waals surface area (Å²) in [5.74, 6) is 2.74. The molecule has 0 amide bonds. The van der Waals surface area contributed by atoms with Crippen molar-refractivity contribution >= 4 is 0 Å². The van der Waals surface area contributed by atoms with Crippen molar-refractivity contribution in [3.05, 3.63) is 0 Å². The van der Waals surface area contributed by atoms with E-state index in [-0.39, 0.29) is 0 Å². The first-order valence-corrected chi connectivity index (χ1v) is 6.22. The van der Waals surface area contributed by atoms with Crippen molar-refractivity contribution < 1.29 is 4.74 Å². The first kappa shape index (κ1) is 9.17. The third-order valence-corrected chi connectivity index (χ3v) is 4.68. The van der Waals surface area contributed by atoms with Crippen molar-refractivity contribution in [2.75, 3.05) is 6.61 Å². The molecule has 2 aliphatic carbocycles. The molecule has 14 heavy (non-hydrogen) atoms. The number of rotatable bonds is 2. The molecule has 2 bridgehead atoms. The topological polar surface area (TPSA) is 35.2 Å². The Labute approximate surface area is 86.2 Å². The molecule has 2 saturated carbocycles. The highest BCUT2D eigenvalue weighted by Gasteiger charge is 2.44. The predicted octanol–water partition coefficient (Wildman–Crippen LogP) is 1.93. The zero-order valence-electron chi connectivity index (χ0n) is 8.82. The third-order valence-electron chi connectivity index (χ3n) is 4.68. The van der Waals surface area contributed by atoms with Gasteiger partial charge in [-0.1, -0.05) is 6.42 Å². The first-order valence-electron chi connectivity index (χ1n) is 6.22. The molecule has 2 N–H and O–H groups in total. The molecule has 1 heterocycles. The molecule has 3 fully saturated rings. The van der Waals surface area contributed by atoms with E-state index in [2.05, 4.69) is 0 Å². The molecular formula is C12H21NO. The Hall–Kier alpha value is -0.0800. The van der Waals surface area contributed by atoms with Crippen LogP contribution in [0, 0.1) is 17.8 Å². The van der Waals surface area contributed by atoms with E-state index in [0.29, 0.717) is 12.1 Å². The fraction of sp³-hybridized carbons (Fsp3) is 1.00. The van der Waals surface area contributed by atoms with Crippen molar-refractivity contribution in [3.8, 4) is 0 Å². The molecule has 0 radical (unpaired) electrons. The quantitative estimate of drug-likeness (QED) is 0.730. The molecule has 5 atom stereocenters. The van der Waals surface area contributed by atoms with Crippen molar-refractivity contribution in [1.29, 1.82) is 0 Å². The van der Waals surface area contributed by atoms with Gasteiger partial charge in [-0.15, -0.1) is 0 Å². The van der Waals surface area contributed by atoms with Crippen LogP contribution in [0.2, 0.25) is 0 Å². The van der Waals surface area contributed by atoms with Crippen molar-refractivity contribution in [3.63, 3.8) is 0 Å². The number of hydrogen-bond acceptors (Lipinski definition) is 2. The molecule has 2 nitrogen and oxygen atoms in total. The minimum Gasteiger partial charge on any atom is -0.377 e. The van der Waals surface area contributed by atoms with Gasteiger partial charge >= 0.3 is 0 Å². The first-order chi connectivity index (χ1) is 6.84. The third kappa shape index (κ3) is 1.40. The van der Waals surface area contributed by atoms with Crippen molar-refractivity contribution in [1.82, 2.24) is 0 Å². The second kappa shape index (κ2) is 3.49. The van der Waals surface area contributed by atoms with Crippen LogP contribution in [0.15, 0.2) is 0 Å². The molecule has 0 spiro atoms. The molecule has 1 aliphatic heterocycles. The second-order valence-corrected chi connectivity index (χ2v) is 5.47. The number of hydrogen-bond donors (Lipinski definition) is 1. The monoisotopic (exact) mass is 195 g/mol. The highest BCUT2D eigenvalue weighted by atomic mass is 16.5. The zero-order chi connectivity index (χ0) is 9.54. The van der Waals surface area contributed by atoms with Crippen LogP contribution in [0.5, 0.6) is 0 Å². The Morgan fingerprint density at radius 2 is 2.07 bits per heavy atom. The van der Waals surface area contributed by atoms with Gasteiger partial charge in [-0.3, -0.25) is 0 Å². The lowest BCUT2D eigenvalue weighted by Crippen LogP contribution is -2.43. The summed E-state index contributed by atoms with van der Waals surface area (Å²) in [7, 11) is 0. The van der Waals surface area contributed by atoms with Crippen LogP contribution in [-0.2, 0) is 4.74 Å². The maximum atomic E-state index is 6.35. The normalized spacial score (nSPS) is 48.6. The minimum absolute atomic E-state index is 0.341. The Balaban J connectivity index is 1.64. The van der Waals surface area contributed by atoms with Gasteiger partial charge in [-0.05, 0) is 49.9 Å². The Morgan fingerprint density at radius 1 is 1.14 bits per heavy atom. The van der Waals surface area contributed by atoms with E-state index in [1.807, 2.05) is 0 Å². The smallest absolute Gasteiger partial charge is 0.0729 e. The van der Waals surface area contributed by atoms with Gasteiger partial charge in [-0.25, -0.2) is 0 Å². The SMILES string of the molecule is NC(C1CCCO1)C1CC2CCC1C2. The number of ether oxygens (including phenoxy) is 1. The van der Waals surface area contributed by atoms with Crippen molar-refractivity contribution in [2.45, 2.75) is 50.7 Å². The second-order valence-electron chi connectivity index (χ2n) is 5.47. The largest absolute Gasteiger partial charge is 0.377 e. The van der Waals surface area contributed by atoms with E-state index in [9.17, 15) is 0 Å². The summed E-state index contributed by atoms with van der Waals surface area (Å²) in [6.45, 7) is 0.944. The molecular weight excluding hydrogens is 174 g/mol. The average molecular weight is 195 g/mol. The summed E-state index contributed by atoms with van der Waals surface area (Å²) in [6, 6.07) is 0.341. The van der Waals surface area contributed by atoms with Crippen LogP contribution in [0.4, 0.5) is 0 Å². The van der Waals surface area contributed by atoms with Crippen molar-refractivity contribution in [2.24, 2.45) is 23.5 Å². The van der Waals surface area contributed by atoms with E-state index in [1.165, 1.54) is 38.5 Å². The molecule has 0 aromatic rings. The molecule has 2 heteroatoms. The fourth-order valence-electron chi connectivity index (χ4n) is 3.95. The Kier molecular flexibility index (Phi) is 2.29. The van der Waals surface area contributed by atoms with Gasteiger partial charge in [0, 0.05) is 12.6 Å². The maximum Gasteiger partial charge on any atom is 0.0729 e. The van der Waals surface area contributed by atoms with Gasteiger partial charge in [0.1, 0.15) is 0 Å². The summed E-state index contributed by atoms with van der Waals surface area (Å²) in [6.07, 6.45) is 8.58. The lowest BCUT2D eigenvalue weighted by atomic mass is 9.81. The fourth-order valence-corrected chi connectivity index (χ4v) is 3.95. The van der Waals surface area contributed by atoms with Gasteiger partial charge < -0.3 is 10.5 Å². The van der Waals surface area contributed by atoms with Gasteiger partial charge in [0.15, 0.2) is 0 Å². The summed E-state index contributed by atoms with van der Waals surface area (Å²) in [5, 5.41) is 0. The highest BCUT2D eigenvalue weighted by molar-refractivity contribution is 4.97. The number of fused-ring (bicyclic) bond motifs is 2. The average Bonchev–Trinajstić information content (AvgIpc) is 2.93. The van der Waals surface area contributed by atoms with Crippen LogP contribution in [0.25, 0.3) is 0 Å². The predicted molar refractivity (Wildman–Crippen MR) is 55.9 cm³/mol. The van der Waals surface area contributed by atoms with Gasteiger partial charge in [0.05, 0.1) is 6.10 Å². The lowest BCUT2D eigenvalue weighted by molar-refractivity contribution is 0.0603. The van der Waals surface area contributed by atoms with Gasteiger partial charge in [-0.2, -0.15) is 0 Å². The standard InChI is InChI=1S/C12H21NO/c13-12(11-2-1-5-14-11)10-7-8-3-4-9(10)6-8/h8-12H,1-7,13H2. The van der Waals surface area contributed by atoms with Gasteiger partial charge in [0.2, 0.25) is 0 Å². The maximum absolute atomic E-state index is 6.35. The molecule has 3 aliphatic rings. The summed E-state index contributed by atoms with van der Waals surface area (Å²) < 4.78 is 5.71. The molecule has 1 saturated heterocycles. The van der Waals surface area contributed by atoms with Crippen LogP contribution in [-0.4, -0.2) is 18.8 Å². The molecule has 5 unspecified atom stereocenters. The summed E-state index contributed by atoms with van der Waals surface area (Å²) in [5.41, 5.74) is 6.35. The Bertz CT molecular complexity index is 212. The van der Waals surface area contributed by atoms with Crippen LogP contribution in [0.1, 0.15) is 38.5 Å². The molecule has 80 valence electrons. The molecule has 3 rings (SSSR count). The van der Waals surface area contributed by atoms with E-state index in [0.717, 1.165) is 24.4 Å². The van der Waals surface area contributed by atoms with Gasteiger partial charge in [0.25, 0.3) is 0 Å². The van der Waals surface area contributed by atoms with E-state index >= 15 is 0 Å². The number of nitrogens with two attached hydrogens (primary N) is 1. The van der Waals surface area contributed by atoms with Crippen LogP contribution >= 0.6 is 0 Å². The zero-order valence-corrected chi connectivity index (χ0v) is 8.82. The molecule has 0 aromatic heterocycles. The Morgan fingerprint density at radius 3 is 2.64 bits per heavy atom. The minimum atomic E-state index is 0.341. The van der Waals surface area contributed by atoms with E-state index in [4.69, 9.17) is 10.5 Å².